The molecule has 18 heavy (non-hydrogen) atoms. The van der Waals surface area contributed by atoms with Crippen LogP contribution in [0.1, 0.15) is 0 Å². The molecule has 0 bridgehead atoms. The Morgan fingerprint density at radius 1 is 1.56 bits per heavy atom. The van der Waals surface area contributed by atoms with Gasteiger partial charge in [-0.3, -0.25) is 4.99 Å². The summed E-state index contributed by atoms with van der Waals surface area (Å²) < 4.78 is 5.45. The van der Waals surface area contributed by atoms with Gasteiger partial charge in [0.05, 0.1) is 13.1 Å². The lowest BCUT2D eigenvalue weighted by atomic mass is 10.5. The number of hydrogen-bond donors (Lipinski definition) is 1. The standard InChI is InChI=1S/C11H15ClN4O.HI/c1-16-7-5-14-11(16)15-6-8-17-10-9(12)3-2-4-13-10;/h2-4H,5-8H2,1H3,(H,14,15);1H. The number of pyridine rings is 1. The summed E-state index contributed by atoms with van der Waals surface area (Å²) in [5.41, 5.74) is 0. The molecule has 5 nitrogen and oxygen atoms in total. The van der Waals surface area contributed by atoms with Crippen molar-refractivity contribution in [2.75, 3.05) is 33.3 Å². The van der Waals surface area contributed by atoms with Crippen molar-refractivity contribution in [2.24, 2.45) is 4.99 Å². The molecule has 0 atom stereocenters. The molecule has 7 heteroatoms. The van der Waals surface area contributed by atoms with E-state index in [1.807, 2.05) is 7.05 Å². The number of rotatable bonds is 4. The van der Waals surface area contributed by atoms with Crippen LogP contribution in [-0.2, 0) is 0 Å². The number of hydrogen-bond acceptors (Lipinski definition) is 5. The molecule has 1 aliphatic rings. The minimum Gasteiger partial charge on any atom is -0.475 e. The summed E-state index contributed by atoms with van der Waals surface area (Å²) in [7, 11) is 2.01. The highest BCUT2D eigenvalue weighted by molar-refractivity contribution is 14.0. The molecule has 1 aromatic heterocycles. The maximum Gasteiger partial charge on any atom is 0.232 e. The first kappa shape index (κ1) is 15.3. The van der Waals surface area contributed by atoms with Gasteiger partial charge in [0, 0.05) is 19.8 Å². The Balaban J connectivity index is 0.00000162. The maximum absolute atomic E-state index is 5.91. The van der Waals surface area contributed by atoms with Crippen LogP contribution in [0.25, 0.3) is 0 Å². The van der Waals surface area contributed by atoms with E-state index in [1.54, 1.807) is 18.3 Å². The van der Waals surface area contributed by atoms with E-state index in [2.05, 4.69) is 20.2 Å². The van der Waals surface area contributed by atoms with Crippen molar-refractivity contribution in [3.63, 3.8) is 0 Å². The third-order valence-electron chi connectivity index (χ3n) is 2.41. The number of ether oxygens (including phenoxy) is 1. The predicted octanol–water partition coefficient (Wildman–Crippen LogP) is 1.62. The van der Waals surface area contributed by atoms with E-state index in [0.717, 1.165) is 19.0 Å². The molecule has 0 saturated heterocycles. The van der Waals surface area contributed by atoms with Crippen LogP contribution in [-0.4, -0.2) is 49.1 Å². The van der Waals surface area contributed by atoms with Gasteiger partial charge in [-0.05, 0) is 12.1 Å². The molecule has 0 aromatic carbocycles. The van der Waals surface area contributed by atoms with Gasteiger partial charge < -0.3 is 15.0 Å². The number of halogens is 2. The van der Waals surface area contributed by atoms with Crippen LogP contribution in [0, 0.1) is 0 Å². The normalized spacial score (nSPS) is 13.9. The highest BCUT2D eigenvalue weighted by Gasteiger charge is 2.11. The number of aliphatic imine (C=N–C) groups is 1. The summed E-state index contributed by atoms with van der Waals surface area (Å²) in [6.45, 7) is 3.00. The van der Waals surface area contributed by atoms with Crippen LogP contribution in [0.15, 0.2) is 23.3 Å². The van der Waals surface area contributed by atoms with Crippen molar-refractivity contribution in [3.8, 4) is 5.88 Å². The SMILES string of the molecule is CN1CCN=C1NCCOc1ncccc1Cl.I. The third kappa shape index (κ3) is 4.16. The van der Waals surface area contributed by atoms with Gasteiger partial charge in [-0.25, -0.2) is 4.98 Å². The van der Waals surface area contributed by atoms with Gasteiger partial charge >= 0.3 is 0 Å². The summed E-state index contributed by atoms with van der Waals surface area (Å²) >= 11 is 5.91. The first-order chi connectivity index (χ1) is 8.27. The average molecular weight is 383 g/mol. The van der Waals surface area contributed by atoms with Crippen LogP contribution in [0.4, 0.5) is 0 Å². The highest BCUT2D eigenvalue weighted by atomic mass is 127. The Labute approximate surface area is 129 Å². The zero-order valence-electron chi connectivity index (χ0n) is 10.1. The van der Waals surface area contributed by atoms with E-state index in [4.69, 9.17) is 16.3 Å². The van der Waals surface area contributed by atoms with Crippen molar-refractivity contribution < 1.29 is 4.74 Å². The molecule has 0 spiro atoms. The Hall–Kier alpha value is -0.760. The molecular formula is C11H16ClIN4O. The zero-order valence-corrected chi connectivity index (χ0v) is 13.2. The Morgan fingerprint density at radius 2 is 2.39 bits per heavy atom. The smallest absolute Gasteiger partial charge is 0.232 e. The molecule has 2 rings (SSSR count). The fourth-order valence-electron chi connectivity index (χ4n) is 1.51. The maximum atomic E-state index is 5.91. The number of aromatic nitrogens is 1. The summed E-state index contributed by atoms with van der Waals surface area (Å²) in [4.78, 5) is 10.4. The lowest BCUT2D eigenvalue weighted by Gasteiger charge is -2.15. The minimum atomic E-state index is 0. The minimum absolute atomic E-state index is 0. The van der Waals surface area contributed by atoms with Gasteiger partial charge in [-0.15, -0.1) is 24.0 Å². The molecule has 0 fully saturated rings. The quantitative estimate of drug-likeness (QED) is 0.635. The van der Waals surface area contributed by atoms with Crippen molar-refractivity contribution in [1.29, 1.82) is 0 Å². The summed E-state index contributed by atoms with van der Waals surface area (Å²) in [6, 6.07) is 3.53. The van der Waals surface area contributed by atoms with Gasteiger partial charge in [0.1, 0.15) is 11.6 Å². The van der Waals surface area contributed by atoms with Crippen LogP contribution in [0.5, 0.6) is 5.88 Å². The first-order valence-electron chi connectivity index (χ1n) is 5.50. The van der Waals surface area contributed by atoms with Crippen LogP contribution < -0.4 is 10.1 Å². The molecule has 2 heterocycles. The van der Waals surface area contributed by atoms with Crippen LogP contribution >= 0.6 is 35.6 Å². The lowest BCUT2D eigenvalue weighted by molar-refractivity contribution is 0.308. The fraction of sp³-hybridized carbons (Fsp3) is 0.455. The van der Waals surface area contributed by atoms with E-state index < -0.39 is 0 Å². The molecule has 0 amide bonds. The summed E-state index contributed by atoms with van der Waals surface area (Å²) in [6.07, 6.45) is 1.66. The Kier molecular flexibility index (Phi) is 6.48. The molecule has 0 saturated carbocycles. The third-order valence-corrected chi connectivity index (χ3v) is 2.69. The van der Waals surface area contributed by atoms with E-state index in [0.29, 0.717) is 24.1 Å². The second-order valence-electron chi connectivity index (χ2n) is 3.69. The molecule has 1 aromatic rings. The molecule has 100 valence electrons. The molecular weight excluding hydrogens is 367 g/mol. The number of likely N-dealkylation sites (N-methyl/N-ethyl adjacent to an activating group) is 1. The summed E-state index contributed by atoms with van der Waals surface area (Å²) in [5, 5.41) is 3.73. The van der Waals surface area contributed by atoms with Gasteiger partial charge in [-0.2, -0.15) is 0 Å². The Bertz CT molecular complexity index is 416. The zero-order chi connectivity index (χ0) is 12.1. The topological polar surface area (TPSA) is 49.8 Å². The molecule has 1 aliphatic heterocycles. The van der Waals surface area contributed by atoms with Gasteiger partial charge in [0.15, 0.2) is 5.96 Å². The number of guanidine groups is 1. The predicted molar refractivity (Wildman–Crippen MR) is 83.1 cm³/mol. The van der Waals surface area contributed by atoms with Crippen molar-refractivity contribution in [3.05, 3.63) is 23.4 Å². The monoisotopic (exact) mass is 382 g/mol. The van der Waals surface area contributed by atoms with E-state index in [9.17, 15) is 0 Å². The average Bonchev–Trinajstić information content (AvgIpc) is 2.73. The van der Waals surface area contributed by atoms with Crippen LogP contribution in [0.2, 0.25) is 5.02 Å². The van der Waals surface area contributed by atoms with Crippen molar-refractivity contribution in [2.45, 2.75) is 0 Å². The molecule has 0 unspecified atom stereocenters. The molecule has 0 radical (unpaired) electrons. The fourth-order valence-corrected chi connectivity index (χ4v) is 1.69. The second-order valence-corrected chi connectivity index (χ2v) is 4.10. The van der Waals surface area contributed by atoms with Crippen molar-refractivity contribution in [1.82, 2.24) is 15.2 Å². The van der Waals surface area contributed by atoms with Crippen LogP contribution in [0.3, 0.4) is 0 Å². The summed E-state index contributed by atoms with van der Waals surface area (Å²) in [5.74, 6) is 1.39. The molecule has 1 N–H and O–H groups in total. The highest BCUT2D eigenvalue weighted by Crippen LogP contribution is 2.19. The van der Waals surface area contributed by atoms with E-state index >= 15 is 0 Å². The first-order valence-corrected chi connectivity index (χ1v) is 5.88. The van der Waals surface area contributed by atoms with E-state index in [-0.39, 0.29) is 24.0 Å². The van der Waals surface area contributed by atoms with Gasteiger partial charge in [0.25, 0.3) is 0 Å². The Morgan fingerprint density at radius 3 is 3.06 bits per heavy atom. The second kappa shape index (κ2) is 7.63. The largest absolute Gasteiger partial charge is 0.475 e. The van der Waals surface area contributed by atoms with E-state index in [1.165, 1.54) is 0 Å². The number of nitrogens with one attached hydrogen (secondary N) is 1. The number of nitrogens with zero attached hydrogens (tertiary/aromatic N) is 3. The van der Waals surface area contributed by atoms with Gasteiger partial charge in [-0.1, -0.05) is 11.6 Å². The molecule has 0 aliphatic carbocycles. The lowest BCUT2D eigenvalue weighted by Crippen LogP contribution is -2.37. The van der Waals surface area contributed by atoms with Gasteiger partial charge in [0.2, 0.25) is 5.88 Å². The van der Waals surface area contributed by atoms with Crippen molar-refractivity contribution >= 4 is 41.5 Å².